The molecule has 0 aromatic heterocycles. The first-order valence-corrected chi connectivity index (χ1v) is 6.48. The molecule has 2 N–H and O–H groups in total. The summed E-state index contributed by atoms with van der Waals surface area (Å²) in [5.74, 6) is -0.331. The number of hydrogen-bond donors (Lipinski definition) is 1. The molecule has 2 rings (SSSR count). The zero-order chi connectivity index (χ0) is 13.1. The van der Waals surface area contributed by atoms with Gasteiger partial charge in [-0.3, -0.25) is 4.90 Å². The van der Waals surface area contributed by atoms with Crippen molar-refractivity contribution in [3.63, 3.8) is 0 Å². The average molecular weight is 273 g/mol. The number of nitrogens with two attached hydrogens (primary N) is 1. The van der Waals surface area contributed by atoms with Gasteiger partial charge in [0, 0.05) is 31.2 Å². The molecule has 1 aromatic carbocycles. The van der Waals surface area contributed by atoms with Crippen molar-refractivity contribution in [2.75, 3.05) is 19.7 Å². The number of nitrogens with zero attached hydrogens (tertiary/aromatic N) is 1. The van der Waals surface area contributed by atoms with Gasteiger partial charge in [-0.1, -0.05) is 23.7 Å². The molecule has 0 radical (unpaired) electrons. The summed E-state index contributed by atoms with van der Waals surface area (Å²) in [6, 6.07) is 5.07. The molecule has 0 amide bonds. The molecule has 18 heavy (non-hydrogen) atoms. The maximum absolute atomic E-state index is 13.8. The summed E-state index contributed by atoms with van der Waals surface area (Å²) in [5.41, 5.74) is 6.45. The van der Waals surface area contributed by atoms with Gasteiger partial charge in [0.05, 0.1) is 17.7 Å². The monoisotopic (exact) mass is 272 g/mol. The quantitative estimate of drug-likeness (QED) is 0.915. The molecule has 0 bridgehead atoms. The Bertz CT molecular complexity index is 414. The van der Waals surface area contributed by atoms with E-state index in [2.05, 4.69) is 4.90 Å². The van der Waals surface area contributed by atoms with Crippen LogP contribution in [0, 0.1) is 5.82 Å². The van der Waals surface area contributed by atoms with Crippen molar-refractivity contribution in [2.45, 2.75) is 25.6 Å². The first-order chi connectivity index (χ1) is 8.58. The number of rotatable bonds is 3. The van der Waals surface area contributed by atoms with Gasteiger partial charge >= 0.3 is 0 Å². The van der Waals surface area contributed by atoms with E-state index < -0.39 is 0 Å². The third-order valence-electron chi connectivity index (χ3n) is 3.19. The van der Waals surface area contributed by atoms with E-state index >= 15 is 0 Å². The Morgan fingerprint density at radius 1 is 1.61 bits per heavy atom. The van der Waals surface area contributed by atoms with Gasteiger partial charge in [0.2, 0.25) is 0 Å². The van der Waals surface area contributed by atoms with E-state index in [9.17, 15) is 4.39 Å². The van der Waals surface area contributed by atoms with Gasteiger partial charge in [0.1, 0.15) is 5.82 Å². The summed E-state index contributed by atoms with van der Waals surface area (Å²) >= 11 is 5.77. The minimum absolute atomic E-state index is 0.0148. The summed E-state index contributed by atoms with van der Waals surface area (Å²) in [4.78, 5) is 2.15. The van der Waals surface area contributed by atoms with Crippen LogP contribution in [0.4, 0.5) is 4.39 Å². The standard InChI is InChI=1S/C13H18ClFN2O/c1-9(16)12-8-17(5-6-18-12)7-10-3-2-4-11(14)13(10)15/h2-4,9,12H,5-8,16H2,1H3. The maximum atomic E-state index is 13.8. The zero-order valence-corrected chi connectivity index (χ0v) is 11.2. The molecular weight excluding hydrogens is 255 g/mol. The van der Waals surface area contributed by atoms with Gasteiger partial charge in [0.15, 0.2) is 0 Å². The van der Waals surface area contributed by atoms with Crippen LogP contribution in [0.15, 0.2) is 18.2 Å². The molecule has 1 aliphatic rings. The van der Waals surface area contributed by atoms with Gasteiger partial charge in [-0.25, -0.2) is 4.39 Å². The highest BCUT2D eigenvalue weighted by Crippen LogP contribution is 2.20. The van der Waals surface area contributed by atoms with E-state index in [0.717, 1.165) is 13.1 Å². The number of morpholine rings is 1. The van der Waals surface area contributed by atoms with Crippen LogP contribution in [0.2, 0.25) is 5.02 Å². The van der Waals surface area contributed by atoms with E-state index in [-0.39, 0.29) is 23.0 Å². The predicted molar refractivity (Wildman–Crippen MR) is 70.1 cm³/mol. The molecule has 5 heteroatoms. The lowest BCUT2D eigenvalue weighted by Gasteiger charge is -2.34. The van der Waals surface area contributed by atoms with Crippen LogP contribution in [0.3, 0.4) is 0 Å². The minimum atomic E-state index is -0.331. The molecule has 0 spiro atoms. The van der Waals surface area contributed by atoms with E-state index in [4.69, 9.17) is 22.1 Å². The molecule has 1 fully saturated rings. The van der Waals surface area contributed by atoms with Crippen molar-refractivity contribution in [3.05, 3.63) is 34.6 Å². The molecule has 0 saturated carbocycles. The Hall–Kier alpha value is -0.680. The predicted octanol–water partition coefficient (Wildman–Crippen LogP) is 2.03. The van der Waals surface area contributed by atoms with Crippen molar-refractivity contribution in [1.82, 2.24) is 4.90 Å². The molecule has 0 aliphatic carbocycles. The first-order valence-electron chi connectivity index (χ1n) is 6.10. The molecule has 2 unspecified atom stereocenters. The molecule has 100 valence electrons. The van der Waals surface area contributed by atoms with Crippen molar-refractivity contribution < 1.29 is 9.13 Å². The Labute approximate surface area is 112 Å². The Morgan fingerprint density at radius 3 is 3.11 bits per heavy atom. The number of benzene rings is 1. The summed E-state index contributed by atoms with van der Waals surface area (Å²) in [6.45, 7) is 4.61. The molecule has 1 heterocycles. The van der Waals surface area contributed by atoms with E-state index in [1.165, 1.54) is 0 Å². The summed E-state index contributed by atoms with van der Waals surface area (Å²) in [6.07, 6.45) is 0.0148. The van der Waals surface area contributed by atoms with Crippen molar-refractivity contribution in [1.29, 1.82) is 0 Å². The summed E-state index contributed by atoms with van der Waals surface area (Å²) in [5, 5.41) is 0.171. The van der Waals surface area contributed by atoms with E-state index in [1.54, 1.807) is 18.2 Å². The molecular formula is C13H18ClFN2O. The molecule has 3 nitrogen and oxygen atoms in total. The Balaban J connectivity index is 2.03. The maximum Gasteiger partial charge on any atom is 0.146 e. The largest absolute Gasteiger partial charge is 0.374 e. The van der Waals surface area contributed by atoms with Crippen LogP contribution in [0.5, 0.6) is 0 Å². The Kier molecular flexibility index (Phi) is 4.56. The van der Waals surface area contributed by atoms with Crippen molar-refractivity contribution in [3.8, 4) is 0 Å². The van der Waals surface area contributed by atoms with Crippen LogP contribution in [0.1, 0.15) is 12.5 Å². The number of halogens is 2. The fourth-order valence-corrected chi connectivity index (χ4v) is 2.30. The van der Waals surface area contributed by atoms with Crippen LogP contribution in [-0.4, -0.2) is 36.7 Å². The number of hydrogen-bond acceptors (Lipinski definition) is 3. The normalized spacial score (nSPS) is 23.0. The Morgan fingerprint density at radius 2 is 2.39 bits per heavy atom. The SMILES string of the molecule is CC(N)C1CN(Cc2cccc(Cl)c2F)CCO1. The third kappa shape index (κ3) is 3.20. The van der Waals surface area contributed by atoms with Gasteiger partial charge in [-0.15, -0.1) is 0 Å². The topological polar surface area (TPSA) is 38.5 Å². The fraction of sp³-hybridized carbons (Fsp3) is 0.538. The van der Waals surface area contributed by atoms with Crippen LogP contribution in [-0.2, 0) is 11.3 Å². The lowest BCUT2D eigenvalue weighted by atomic mass is 10.1. The second kappa shape index (κ2) is 5.97. The van der Waals surface area contributed by atoms with Crippen LogP contribution >= 0.6 is 11.6 Å². The molecule has 2 atom stereocenters. The average Bonchev–Trinajstić information content (AvgIpc) is 2.35. The van der Waals surface area contributed by atoms with Gasteiger partial charge in [-0.05, 0) is 13.0 Å². The van der Waals surface area contributed by atoms with E-state index in [0.29, 0.717) is 18.7 Å². The van der Waals surface area contributed by atoms with Gasteiger partial charge in [-0.2, -0.15) is 0 Å². The smallest absolute Gasteiger partial charge is 0.146 e. The zero-order valence-electron chi connectivity index (χ0n) is 10.4. The summed E-state index contributed by atoms with van der Waals surface area (Å²) in [7, 11) is 0. The van der Waals surface area contributed by atoms with Gasteiger partial charge < -0.3 is 10.5 Å². The molecule has 1 aliphatic heterocycles. The first kappa shape index (κ1) is 13.7. The second-order valence-electron chi connectivity index (χ2n) is 4.72. The lowest BCUT2D eigenvalue weighted by Crippen LogP contribution is -2.49. The minimum Gasteiger partial charge on any atom is -0.374 e. The highest BCUT2D eigenvalue weighted by molar-refractivity contribution is 6.30. The number of ether oxygens (including phenoxy) is 1. The highest BCUT2D eigenvalue weighted by atomic mass is 35.5. The van der Waals surface area contributed by atoms with Crippen LogP contribution in [0.25, 0.3) is 0 Å². The second-order valence-corrected chi connectivity index (χ2v) is 5.12. The lowest BCUT2D eigenvalue weighted by molar-refractivity contribution is -0.0406. The molecule has 1 aromatic rings. The molecule has 1 saturated heterocycles. The highest BCUT2D eigenvalue weighted by Gasteiger charge is 2.24. The third-order valence-corrected chi connectivity index (χ3v) is 3.48. The summed E-state index contributed by atoms with van der Waals surface area (Å²) < 4.78 is 19.4. The van der Waals surface area contributed by atoms with Crippen molar-refractivity contribution >= 4 is 11.6 Å². The fourth-order valence-electron chi connectivity index (χ4n) is 2.10. The van der Waals surface area contributed by atoms with Gasteiger partial charge in [0.25, 0.3) is 0 Å². The van der Waals surface area contributed by atoms with E-state index in [1.807, 2.05) is 6.92 Å². The van der Waals surface area contributed by atoms with Crippen molar-refractivity contribution in [2.24, 2.45) is 5.73 Å². The van der Waals surface area contributed by atoms with Crippen LogP contribution < -0.4 is 5.73 Å².